The average Bonchev–Trinajstić information content (AvgIpc) is 2.34. The van der Waals surface area contributed by atoms with Gasteiger partial charge < -0.3 is 5.32 Å². The number of carbonyl (C=O) groups excluding carboxylic acids is 1. The number of amides is 1. The van der Waals surface area contributed by atoms with Crippen molar-refractivity contribution in [3.63, 3.8) is 0 Å². The van der Waals surface area contributed by atoms with Gasteiger partial charge in [-0.05, 0) is 65.4 Å². The lowest BCUT2D eigenvalue weighted by molar-refractivity contribution is 0.102. The summed E-state index contributed by atoms with van der Waals surface area (Å²) in [5.41, 5.74) is 2.59. The predicted molar refractivity (Wildman–Crippen MR) is 86.0 cm³/mol. The second-order valence-electron chi connectivity index (χ2n) is 3.93. The molecule has 0 unspecified atom stereocenters. The molecular formula is C14H11BrINO. The molecule has 92 valence electrons. The first-order valence-electron chi connectivity index (χ1n) is 5.39. The number of hydrogen-bond donors (Lipinski definition) is 1. The number of anilines is 1. The molecule has 1 amide bonds. The Hall–Kier alpha value is -0.880. The van der Waals surface area contributed by atoms with Crippen LogP contribution >= 0.6 is 38.5 Å². The van der Waals surface area contributed by atoms with Gasteiger partial charge in [0.15, 0.2) is 0 Å². The molecule has 0 fully saturated rings. The van der Waals surface area contributed by atoms with Gasteiger partial charge in [0, 0.05) is 19.3 Å². The Labute approximate surface area is 128 Å². The van der Waals surface area contributed by atoms with Crippen molar-refractivity contribution < 1.29 is 4.79 Å². The van der Waals surface area contributed by atoms with E-state index in [1.54, 1.807) is 6.07 Å². The molecule has 0 aliphatic heterocycles. The largest absolute Gasteiger partial charge is 0.322 e. The van der Waals surface area contributed by atoms with Crippen LogP contribution in [0.2, 0.25) is 0 Å². The van der Waals surface area contributed by atoms with Crippen LogP contribution in [0.1, 0.15) is 15.9 Å². The molecule has 2 aromatic rings. The predicted octanol–water partition coefficient (Wildman–Crippen LogP) is 4.61. The molecule has 0 saturated heterocycles. The number of benzene rings is 2. The van der Waals surface area contributed by atoms with E-state index in [0.717, 1.165) is 19.3 Å². The van der Waals surface area contributed by atoms with Gasteiger partial charge in [0.1, 0.15) is 0 Å². The van der Waals surface area contributed by atoms with E-state index in [2.05, 4.69) is 43.8 Å². The minimum Gasteiger partial charge on any atom is -0.322 e. The lowest BCUT2D eigenvalue weighted by atomic mass is 10.2. The normalized spacial score (nSPS) is 10.2. The van der Waals surface area contributed by atoms with Crippen LogP contribution in [-0.2, 0) is 0 Å². The van der Waals surface area contributed by atoms with Crippen molar-refractivity contribution in [3.05, 3.63) is 61.6 Å². The number of rotatable bonds is 2. The van der Waals surface area contributed by atoms with E-state index in [1.807, 2.05) is 43.3 Å². The number of nitrogens with one attached hydrogen (secondary N) is 1. The minimum atomic E-state index is -0.0933. The van der Waals surface area contributed by atoms with Crippen molar-refractivity contribution in [2.45, 2.75) is 6.92 Å². The molecule has 0 aliphatic rings. The number of aryl methyl sites for hydroxylation is 1. The lowest BCUT2D eigenvalue weighted by Crippen LogP contribution is -2.11. The summed E-state index contributed by atoms with van der Waals surface area (Å²) in [6.45, 7) is 2.01. The molecule has 0 aliphatic carbocycles. The summed E-state index contributed by atoms with van der Waals surface area (Å²) in [6, 6.07) is 13.3. The van der Waals surface area contributed by atoms with Gasteiger partial charge in [0.25, 0.3) is 5.91 Å². The molecule has 1 N–H and O–H groups in total. The van der Waals surface area contributed by atoms with Crippen LogP contribution in [0.4, 0.5) is 5.69 Å². The van der Waals surface area contributed by atoms with E-state index in [4.69, 9.17) is 0 Å². The highest BCUT2D eigenvalue weighted by Crippen LogP contribution is 2.21. The standard InChI is InChI=1S/C14H11BrINO/c1-9-5-6-12(8-13(9)15)17-14(18)10-3-2-4-11(16)7-10/h2-8H,1H3,(H,17,18). The van der Waals surface area contributed by atoms with Crippen LogP contribution in [0.15, 0.2) is 46.9 Å². The van der Waals surface area contributed by atoms with Gasteiger partial charge in [-0.2, -0.15) is 0 Å². The summed E-state index contributed by atoms with van der Waals surface area (Å²) in [5.74, 6) is -0.0933. The van der Waals surface area contributed by atoms with Gasteiger partial charge >= 0.3 is 0 Å². The van der Waals surface area contributed by atoms with Crippen molar-refractivity contribution in [2.24, 2.45) is 0 Å². The van der Waals surface area contributed by atoms with E-state index in [-0.39, 0.29) is 5.91 Å². The zero-order valence-electron chi connectivity index (χ0n) is 9.71. The zero-order valence-corrected chi connectivity index (χ0v) is 13.4. The summed E-state index contributed by atoms with van der Waals surface area (Å²) in [7, 11) is 0. The highest BCUT2D eigenvalue weighted by Gasteiger charge is 2.06. The number of hydrogen-bond acceptors (Lipinski definition) is 1. The maximum atomic E-state index is 12.0. The van der Waals surface area contributed by atoms with Crippen LogP contribution in [0, 0.1) is 10.5 Å². The Morgan fingerprint density at radius 1 is 1.22 bits per heavy atom. The van der Waals surface area contributed by atoms with E-state index in [1.165, 1.54) is 0 Å². The third-order valence-corrected chi connectivity index (χ3v) is 4.04. The van der Waals surface area contributed by atoms with E-state index < -0.39 is 0 Å². The zero-order chi connectivity index (χ0) is 13.1. The summed E-state index contributed by atoms with van der Waals surface area (Å²) in [5, 5.41) is 2.88. The summed E-state index contributed by atoms with van der Waals surface area (Å²) >= 11 is 5.64. The van der Waals surface area contributed by atoms with E-state index in [0.29, 0.717) is 5.56 Å². The van der Waals surface area contributed by atoms with Crippen molar-refractivity contribution in [3.8, 4) is 0 Å². The fraction of sp³-hybridized carbons (Fsp3) is 0.0714. The maximum absolute atomic E-state index is 12.0. The molecule has 2 rings (SSSR count). The molecule has 0 saturated carbocycles. The van der Waals surface area contributed by atoms with Crippen LogP contribution in [0.3, 0.4) is 0 Å². The summed E-state index contributed by atoms with van der Waals surface area (Å²) < 4.78 is 2.04. The Kier molecular flexibility index (Phi) is 4.40. The fourth-order valence-corrected chi connectivity index (χ4v) is 2.43. The van der Waals surface area contributed by atoms with Crippen LogP contribution in [0.25, 0.3) is 0 Å². The first-order chi connectivity index (χ1) is 8.56. The molecule has 0 heterocycles. The molecule has 0 atom stereocenters. The molecule has 18 heavy (non-hydrogen) atoms. The Bertz CT molecular complexity index is 598. The lowest BCUT2D eigenvalue weighted by Gasteiger charge is -2.07. The van der Waals surface area contributed by atoms with Gasteiger partial charge in [-0.3, -0.25) is 4.79 Å². The van der Waals surface area contributed by atoms with Crippen LogP contribution in [-0.4, -0.2) is 5.91 Å². The van der Waals surface area contributed by atoms with Gasteiger partial charge in [-0.25, -0.2) is 0 Å². The van der Waals surface area contributed by atoms with Crippen LogP contribution in [0.5, 0.6) is 0 Å². The van der Waals surface area contributed by atoms with Gasteiger partial charge in [0.05, 0.1) is 0 Å². The first kappa shape index (κ1) is 13.5. The second kappa shape index (κ2) is 5.84. The first-order valence-corrected chi connectivity index (χ1v) is 7.26. The molecule has 0 radical (unpaired) electrons. The van der Waals surface area contributed by atoms with Crippen molar-refractivity contribution in [1.82, 2.24) is 0 Å². The maximum Gasteiger partial charge on any atom is 0.255 e. The Morgan fingerprint density at radius 2 is 2.00 bits per heavy atom. The smallest absolute Gasteiger partial charge is 0.255 e. The van der Waals surface area contributed by atoms with Gasteiger partial charge in [-0.15, -0.1) is 0 Å². The number of halogens is 2. The molecular weight excluding hydrogens is 405 g/mol. The topological polar surface area (TPSA) is 29.1 Å². The fourth-order valence-electron chi connectivity index (χ4n) is 1.50. The molecule has 0 bridgehead atoms. The molecule has 4 heteroatoms. The van der Waals surface area contributed by atoms with Crippen molar-refractivity contribution >= 4 is 50.1 Å². The molecule has 0 spiro atoms. The third kappa shape index (κ3) is 3.32. The molecule has 2 nitrogen and oxygen atoms in total. The van der Waals surface area contributed by atoms with E-state index >= 15 is 0 Å². The Morgan fingerprint density at radius 3 is 2.67 bits per heavy atom. The van der Waals surface area contributed by atoms with Crippen molar-refractivity contribution in [2.75, 3.05) is 5.32 Å². The highest BCUT2D eigenvalue weighted by atomic mass is 127. The molecule has 0 aromatic heterocycles. The van der Waals surface area contributed by atoms with Gasteiger partial charge in [0.2, 0.25) is 0 Å². The second-order valence-corrected chi connectivity index (χ2v) is 6.03. The summed E-state index contributed by atoms with van der Waals surface area (Å²) in [4.78, 5) is 12.0. The summed E-state index contributed by atoms with van der Waals surface area (Å²) in [6.07, 6.45) is 0. The van der Waals surface area contributed by atoms with Crippen molar-refractivity contribution in [1.29, 1.82) is 0 Å². The Balaban J connectivity index is 2.18. The third-order valence-electron chi connectivity index (χ3n) is 2.52. The van der Waals surface area contributed by atoms with E-state index in [9.17, 15) is 4.79 Å². The van der Waals surface area contributed by atoms with Crippen LogP contribution < -0.4 is 5.32 Å². The SMILES string of the molecule is Cc1ccc(NC(=O)c2cccc(I)c2)cc1Br. The molecule has 2 aromatic carbocycles. The van der Waals surface area contributed by atoms with Gasteiger partial charge in [-0.1, -0.05) is 28.1 Å². The minimum absolute atomic E-state index is 0.0933. The monoisotopic (exact) mass is 415 g/mol. The average molecular weight is 416 g/mol. The number of carbonyl (C=O) groups is 1. The highest BCUT2D eigenvalue weighted by molar-refractivity contribution is 14.1. The quantitative estimate of drug-likeness (QED) is 0.712.